The van der Waals surface area contributed by atoms with Gasteiger partial charge in [0.05, 0.1) is 24.1 Å². The Kier molecular flexibility index (Phi) is 11.6. The highest BCUT2D eigenvalue weighted by Gasteiger charge is 2.33. The number of hydrogen-bond acceptors (Lipinski definition) is 6. The molecule has 1 aliphatic rings. The van der Waals surface area contributed by atoms with Crippen molar-refractivity contribution in [3.8, 4) is 0 Å². The van der Waals surface area contributed by atoms with E-state index in [0.717, 1.165) is 50.9 Å². The van der Waals surface area contributed by atoms with Gasteiger partial charge in [-0.25, -0.2) is 12.7 Å². The van der Waals surface area contributed by atoms with Crippen LogP contribution < -0.4 is 5.32 Å². The molecule has 3 atom stereocenters. The van der Waals surface area contributed by atoms with Crippen molar-refractivity contribution in [2.75, 3.05) is 40.3 Å². The SMILES string of the molecule is CCCCCN[C@@H]1CC(C(=O)OC)CCN1CC[C@@H](CN(C)S(=O)(=O)c1ccccc1)c1ccccc1. The van der Waals surface area contributed by atoms with Gasteiger partial charge in [0.25, 0.3) is 0 Å². The lowest BCUT2D eigenvalue weighted by Gasteiger charge is -2.40. The molecule has 0 aliphatic carbocycles. The summed E-state index contributed by atoms with van der Waals surface area (Å²) in [6, 6.07) is 18.8. The molecule has 0 bridgehead atoms. The molecule has 0 aromatic heterocycles. The quantitative estimate of drug-likeness (QED) is 0.287. The number of carbonyl (C=O) groups excluding carboxylic acids is 1. The van der Waals surface area contributed by atoms with Crippen molar-refractivity contribution in [1.29, 1.82) is 0 Å². The molecule has 1 fully saturated rings. The van der Waals surface area contributed by atoms with E-state index in [2.05, 4.69) is 29.3 Å². The summed E-state index contributed by atoms with van der Waals surface area (Å²) in [5.41, 5.74) is 1.13. The summed E-state index contributed by atoms with van der Waals surface area (Å²) in [7, 11) is -0.451. The zero-order valence-corrected chi connectivity index (χ0v) is 23.3. The predicted molar refractivity (Wildman–Crippen MR) is 148 cm³/mol. The van der Waals surface area contributed by atoms with E-state index in [1.807, 2.05) is 24.3 Å². The van der Waals surface area contributed by atoms with Gasteiger partial charge >= 0.3 is 5.97 Å². The van der Waals surface area contributed by atoms with Crippen LogP contribution >= 0.6 is 0 Å². The molecule has 2 aromatic rings. The zero-order chi connectivity index (χ0) is 26.7. The van der Waals surface area contributed by atoms with Crippen LogP contribution in [0.25, 0.3) is 0 Å². The van der Waals surface area contributed by atoms with E-state index in [4.69, 9.17) is 4.74 Å². The van der Waals surface area contributed by atoms with Crippen molar-refractivity contribution in [2.24, 2.45) is 5.92 Å². The molecule has 0 radical (unpaired) electrons. The smallest absolute Gasteiger partial charge is 0.308 e. The second-order valence-electron chi connectivity index (χ2n) is 9.95. The van der Waals surface area contributed by atoms with Gasteiger partial charge in [-0.3, -0.25) is 9.69 Å². The van der Waals surface area contributed by atoms with E-state index < -0.39 is 10.0 Å². The number of carbonyl (C=O) groups is 1. The molecule has 1 N–H and O–H groups in total. The van der Waals surface area contributed by atoms with Crippen molar-refractivity contribution in [3.05, 3.63) is 66.2 Å². The number of ether oxygens (including phenoxy) is 1. The number of nitrogens with one attached hydrogen (secondary N) is 1. The lowest BCUT2D eigenvalue weighted by molar-refractivity contribution is -0.148. The molecule has 0 spiro atoms. The highest BCUT2D eigenvalue weighted by Crippen LogP contribution is 2.27. The molecule has 1 aliphatic heterocycles. The number of hydrogen-bond donors (Lipinski definition) is 1. The fraction of sp³-hybridized carbons (Fsp3) is 0.552. The first-order valence-electron chi connectivity index (χ1n) is 13.5. The van der Waals surface area contributed by atoms with Crippen LogP contribution in [0, 0.1) is 5.92 Å². The van der Waals surface area contributed by atoms with Crippen LogP contribution in [0.2, 0.25) is 0 Å². The summed E-state index contributed by atoms with van der Waals surface area (Å²) in [4.78, 5) is 15.0. The fourth-order valence-electron chi connectivity index (χ4n) is 5.11. The number of piperidine rings is 1. The molecule has 3 rings (SSSR count). The van der Waals surface area contributed by atoms with E-state index in [-0.39, 0.29) is 24.0 Å². The van der Waals surface area contributed by atoms with Gasteiger partial charge in [0.15, 0.2) is 0 Å². The molecule has 8 heteroatoms. The standard InChI is InChI=1S/C29H43N3O4S/c1-4-5-12-19-30-28-22-25(29(33)36-3)17-20-32(28)21-18-26(24-13-8-6-9-14-24)23-31(2)37(34,35)27-15-10-7-11-16-27/h6-11,13-16,25-26,28,30H,4-5,12,17-23H2,1-3H3/t25?,26-,28-/m0/s1. The van der Waals surface area contributed by atoms with Gasteiger partial charge in [-0.15, -0.1) is 0 Å². The van der Waals surface area contributed by atoms with E-state index >= 15 is 0 Å². The van der Waals surface area contributed by atoms with Gasteiger partial charge in [0.1, 0.15) is 0 Å². The Labute approximate surface area is 223 Å². The topological polar surface area (TPSA) is 79.0 Å². The van der Waals surface area contributed by atoms with Gasteiger partial charge in [-0.2, -0.15) is 0 Å². The Balaban J connectivity index is 1.72. The number of esters is 1. The molecule has 0 amide bonds. The fourth-order valence-corrected chi connectivity index (χ4v) is 6.35. The molecular weight excluding hydrogens is 486 g/mol. The van der Waals surface area contributed by atoms with Gasteiger partial charge in [-0.1, -0.05) is 68.3 Å². The second kappa shape index (κ2) is 14.6. The molecule has 0 saturated carbocycles. The molecule has 204 valence electrons. The van der Waals surface area contributed by atoms with Crippen LogP contribution in [-0.2, 0) is 19.6 Å². The first kappa shape index (κ1) is 29.3. The number of likely N-dealkylation sites (N-methyl/N-ethyl adjacent to an activating group) is 1. The number of nitrogens with zero attached hydrogens (tertiary/aromatic N) is 2. The molecule has 1 unspecified atom stereocenters. The lowest BCUT2D eigenvalue weighted by Crippen LogP contribution is -2.52. The number of methoxy groups -OCH3 is 1. The number of rotatable bonds is 14. The Hall–Kier alpha value is -2.26. The molecule has 1 heterocycles. The Morgan fingerprint density at radius 2 is 1.78 bits per heavy atom. The third-order valence-electron chi connectivity index (χ3n) is 7.37. The maximum absolute atomic E-state index is 13.2. The second-order valence-corrected chi connectivity index (χ2v) is 12.0. The maximum Gasteiger partial charge on any atom is 0.308 e. The van der Waals surface area contributed by atoms with Crippen LogP contribution in [-0.4, -0.2) is 70.1 Å². The van der Waals surface area contributed by atoms with Crippen LogP contribution in [0.1, 0.15) is 56.9 Å². The summed E-state index contributed by atoms with van der Waals surface area (Å²) in [6.07, 6.45) is 5.89. The minimum Gasteiger partial charge on any atom is -0.469 e. The summed E-state index contributed by atoms with van der Waals surface area (Å²) in [5, 5.41) is 3.68. The normalized spacial score (nSPS) is 19.6. The number of likely N-dealkylation sites (tertiary alicyclic amines) is 1. The predicted octanol–water partition coefficient (Wildman–Crippen LogP) is 4.47. The third-order valence-corrected chi connectivity index (χ3v) is 9.21. The Bertz CT molecular complexity index is 1050. The van der Waals surface area contributed by atoms with Gasteiger partial charge in [0.2, 0.25) is 10.0 Å². The number of sulfonamides is 1. The molecular formula is C29H43N3O4S. The first-order valence-corrected chi connectivity index (χ1v) is 14.9. The third kappa shape index (κ3) is 8.37. The zero-order valence-electron chi connectivity index (χ0n) is 22.5. The Morgan fingerprint density at radius 3 is 2.43 bits per heavy atom. The van der Waals surface area contributed by atoms with Crippen LogP contribution in [0.3, 0.4) is 0 Å². The highest BCUT2D eigenvalue weighted by atomic mass is 32.2. The average molecular weight is 530 g/mol. The summed E-state index contributed by atoms with van der Waals surface area (Å²) in [6.45, 7) is 5.14. The van der Waals surface area contributed by atoms with Crippen LogP contribution in [0.15, 0.2) is 65.6 Å². The molecule has 2 aromatic carbocycles. The largest absolute Gasteiger partial charge is 0.469 e. The Morgan fingerprint density at radius 1 is 1.11 bits per heavy atom. The number of unbranched alkanes of at least 4 members (excludes halogenated alkanes) is 2. The summed E-state index contributed by atoms with van der Waals surface area (Å²) in [5.74, 6) is -0.171. The van der Waals surface area contributed by atoms with Crippen LogP contribution in [0.4, 0.5) is 0 Å². The lowest BCUT2D eigenvalue weighted by atomic mass is 9.92. The summed E-state index contributed by atoms with van der Waals surface area (Å²) < 4.78 is 33.0. The van der Waals surface area contributed by atoms with Crippen molar-refractivity contribution in [1.82, 2.24) is 14.5 Å². The molecule has 37 heavy (non-hydrogen) atoms. The maximum atomic E-state index is 13.2. The van der Waals surface area contributed by atoms with Gasteiger partial charge < -0.3 is 10.1 Å². The van der Waals surface area contributed by atoms with Crippen molar-refractivity contribution in [3.63, 3.8) is 0 Å². The molecule has 7 nitrogen and oxygen atoms in total. The summed E-state index contributed by atoms with van der Waals surface area (Å²) >= 11 is 0. The van der Waals surface area contributed by atoms with E-state index in [1.165, 1.54) is 24.3 Å². The minimum atomic E-state index is -3.58. The number of benzene rings is 2. The van der Waals surface area contributed by atoms with E-state index in [0.29, 0.717) is 11.4 Å². The van der Waals surface area contributed by atoms with E-state index in [1.54, 1.807) is 31.3 Å². The van der Waals surface area contributed by atoms with E-state index in [9.17, 15) is 13.2 Å². The van der Waals surface area contributed by atoms with Crippen LogP contribution in [0.5, 0.6) is 0 Å². The monoisotopic (exact) mass is 529 g/mol. The molecule has 1 saturated heterocycles. The average Bonchev–Trinajstić information content (AvgIpc) is 2.94. The minimum absolute atomic E-state index is 0.0451. The highest BCUT2D eigenvalue weighted by molar-refractivity contribution is 7.89. The first-order chi connectivity index (χ1) is 17.9. The van der Waals surface area contributed by atoms with Crippen molar-refractivity contribution in [2.45, 2.75) is 62.4 Å². The van der Waals surface area contributed by atoms with Crippen molar-refractivity contribution >= 4 is 16.0 Å². The van der Waals surface area contributed by atoms with Gasteiger partial charge in [-0.05, 0) is 55.8 Å². The van der Waals surface area contributed by atoms with Gasteiger partial charge in [0, 0.05) is 26.7 Å². The van der Waals surface area contributed by atoms with Crippen molar-refractivity contribution < 1.29 is 17.9 Å².